The van der Waals surface area contributed by atoms with Gasteiger partial charge in [0.25, 0.3) is 0 Å². The maximum atomic E-state index is 6.25. The van der Waals surface area contributed by atoms with Crippen molar-refractivity contribution in [2.75, 3.05) is 13.2 Å². The number of halogens is 2. The van der Waals surface area contributed by atoms with Crippen LogP contribution < -0.4 is 0 Å². The molecular formula is C15H17Cl2N3O2. The third-order valence-corrected chi connectivity index (χ3v) is 4.14. The molecule has 1 aliphatic heterocycles. The Labute approximate surface area is 139 Å². The summed E-state index contributed by atoms with van der Waals surface area (Å²) in [6, 6.07) is 5.56. The van der Waals surface area contributed by atoms with Gasteiger partial charge in [-0.1, -0.05) is 36.2 Å². The standard InChI is InChI=1S/C15H17Cl2N3O2/c1-10(12-3-2-11(16)6-13(12)17)8-20-9-18-14(19-20)7-15-21-4-5-22-15/h2-3,6,9-10,15H,4-5,7-8H2,1H3. The second-order valence-corrected chi connectivity index (χ2v) is 6.17. The molecule has 1 atom stereocenters. The molecule has 0 spiro atoms. The summed E-state index contributed by atoms with van der Waals surface area (Å²) in [7, 11) is 0. The van der Waals surface area contributed by atoms with Crippen LogP contribution in [0.1, 0.15) is 24.2 Å². The highest BCUT2D eigenvalue weighted by Crippen LogP contribution is 2.28. The van der Waals surface area contributed by atoms with Gasteiger partial charge in [0.2, 0.25) is 0 Å². The number of ether oxygens (including phenoxy) is 2. The van der Waals surface area contributed by atoms with Gasteiger partial charge in [-0.3, -0.25) is 4.68 Å². The van der Waals surface area contributed by atoms with E-state index in [0.29, 0.717) is 36.2 Å². The molecule has 5 nitrogen and oxygen atoms in total. The van der Waals surface area contributed by atoms with Crippen LogP contribution in [0.2, 0.25) is 10.0 Å². The van der Waals surface area contributed by atoms with Crippen LogP contribution in [0, 0.1) is 0 Å². The van der Waals surface area contributed by atoms with Gasteiger partial charge in [-0.05, 0) is 17.7 Å². The molecule has 3 rings (SSSR count). The summed E-state index contributed by atoms with van der Waals surface area (Å²) >= 11 is 12.2. The highest BCUT2D eigenvalue weighted by Gasteiger charge is 2.19. The molecule has 22 heavy (non-hydrogen) atoms. The van der Waals surface area contributed by atoms with Crippen LogP contribution in [0.15, 0.2) is 24.5 Å². The lowest BCUT2D eigenvalue weighted by molar-refractivity contribution is -0.0413. The van der Waals surface area contributed by atoms with E-state index in [0.717, 1.165) is 11.4 Å². The molecule has 1 saturated heterocycles. The molecule has 7 heteroatoms. The average Bonchev–Trinajstić information content (AvgIpc) is 3.11. The van der Waals surface area contributed by atoms with Gasteiger partial charge in [0, 0.05) is 22.5 Å². The molecule has 1 aromatic heterocycles. The number of hydrogen-bond donors (Lipinski definition) is 0. The quantitative estimate of drug-likeness (QED) is 0.837. The normalized spacial score (nSPS) is 17.0. The van der Waals surface area contributed by atoms with Crippen LogP contribution in [0.25, 0.3) is 0 Å². The summed E-state index contributed by atoms with van der Waals surface area (Å²) in [4.78, 5) is 4.30. The summed E-state index contributed by atoms with van der Waals surface area (Å²) in [5, 5.41) is 5.78. The van der Waals surface area contributed by atoms with E-state index in [1.54, 1.807) is 12.4 Å². The van der Waals surface area contributed by atoms with Crippen LogP contribution in [-0.2, 0) is 22.4 Å². The molecular weight excluding hydrogens is 325 g/mol. The van der Waals surface area contributed by atoms with Gasteiger partial charge in [0.05, 0.1) is 19.6 Å². The first-order chi connectivity index (χ1) is 10.6. The third-order valence-electron chi connectivity index (χ3n) is 3.58. The summed E-state index contributed by atoms with van der Waals surface area (Å²) in [6.45, 7) is 4.06. The average molecular weight is 342 g/mol. The van der Waals surface area contributed by atoms with Gasteiger partial charge in [-0.2, -0.15) is 5.10 Å². The first-order valence-corrected chi connectivity index (χ1v) is 7.94. The van der Waals surface area contributed by atoms with E-state index in [9.17, 15) is 0 Å². The van der Waals surface area contributed by atoms with Gasteiger partial charge < -0.3 is 9.47 Å². The zero-order chi connectivity index (χ0) is 15.5. The molecule has 118 valence electrons. The minimum absolute atomic E-state index is 0.207. The van der Waals surface area contributed by atoms with Gasteiger partial charge in [0.15, 0.2) is 12.1 Å². The van der Waals surface area contributed by atoms with Crippen molar-refractivity contribution in [1.29, 1.82) is 0 Å². The molecule has 1 fully saturated rings. The summed E-state index contributed by atoms with van der Waals surface area (Å²) < 4.78 is 12.6. The van der Waals surface area contributed by atoms with E-state index in [1.807, 2.05) is 16.8 Å². The fraction of sp³-hybridized carbons (Fsp3) is 0.467. The highest BCUT2D eigenvalue weighted by molar-refractivity contribution is 6.35. The zero-order valence-electron chi connectivity index (χ0n) is 12.2. The largest absolute Gasteiger partial charge is 0.350 e. The number of hydrogen-bond acceptors (Lipinski definition) is 4. The van der Waals surface area contributed by atoms with Gasteiger partial charge in [0.1, 0.15) is 6.33 Å². The summed E-state index contributed by atoms with van der Waals surface area (Å²) in [5.74, 6) is 0.930. The number of nitrogens with zero attached hydrogens (tertiary/aromatic N) is 3. The van der Waals surface area contributed by atoms with Gasteiger partial charge >= 0.3 is 0 Å². The zero-order valence-corrected chi connectivity index (χ0v) is 13.7. The lowest BCUT2D eigenvalue weighted by Gasteiger charge is -2.13. The molecule has 0 bridgehead atoms. The fourth-order valence-corrected chi connectivity index (χ4v) is 3.06. The van der Waals surface area contributed by atoms with Crippen molar-refractivity contribution in [2.45, 2.75) is 32.1 Å². The first kappa shape index (κ1) is 15.7. The minimum atomic E-state index is -0.223. The van der Waals surface area contributed by atoms with Crippen LogP contribution in [0.5, 0.6) is 0 Å². The molecule has 2 aromatic rings. The maximum absolute atomic E-state index is 6.25. The predicted octanol–water partition coefficient (Wildman–Crippen LogP) is 3.30. The van der Waals surface area contributed by atoms with E-state index >= 15 is 0 Å². The highest BCUT2D eigenvalue weighted by atomic mass is 35.5. The Bertz CT molecular complexity index is 641. The Hall–Kier alpha value is -1.14. The lowest BCUT2D eigenvalue weighted by Crippen LogP contribution is -2.13. The Balaban J connectivity index is 1.63. The molecule has 0 saturated carbocycles. The molecule has 1 aliphatic rings. The van der Waals surface area contributed by atoms with Crippen molar-refractivity contribution < 1.29 is 9.47 Å². The summed E-state index contributed by atoms with van der Waals surface area (Å²) in [6.07, 6.45) is 2.08. The second kappa shape index (κ2) is 6.96. The first-order valence-electron chi connectivity index (χ1n) is 7.18. The maximum Gasteiger partial charge on any atom is 0.164 e. The molecule has 0 radical (unpaired) electrons. The smallest absolute Gasteiger partial charge is 0.164 e. The predicted molar refractivity (Wildman–Crippen MR) is 84.3 cm³/mol. The van der Waals surface area contributed by atoms with E-state index < -0.39 is 0 Å². The van der Waals surface area contributed by atoms with Crippen LogP contribution >= 0.6 is 23.2 Å². The Kier molecular flexibility index (Phi) is 4.98. The Morgan fingerprint density at radius 1 is 1.32 bits per heavy atom. The molecule has 0 N–H and O–H groups in total. The van der Waals surface area contributed by atoms with Crippen molar-refractivity contribution in [3.05, 3.63) is 46.0 Å². The Morgan fingerprint density at radius 2 is 2.09 bits per heavy atom. The Morgan fingerprint density at radius 3 is 2.82 bits per heavy atom. The number of rotatable bonds is 5. The van der Waals surface area contributed by atoms with Crippen molar-refractivity contribution >= 4 is 23.2 Å². The van der Waals surface area contributed by atoms with Crippen LogP contribution in [0.3, 0.4) is 0 Å². The van der Waals surface area contributed by atoms with Gasteiger partial charge in [-0.15, -0.1) is 0 Å². The van der Waals surface area contributed by atoms with Crippen LogP contribution in [-0.4, -0.2) is 34.3 Å². The van der Waals surface area contributed by atoms with Crippen molar-refractivity contribution in [3.63, 3.8) is 0 Å². The molecule has 0 aliphatic carbocycles. The second-order valence-electron chi connectivity index (χ2n) is 5.32. The number of aromatic nitrogens is 3. The summed E-state index contributed by atoms with van der Waals surface area (Å²) in [5.41, 5.74) is 1.05. The van der Waals surface area contributed by atoms with E-state index in [2.05, 4.69) is 17.0 Å². The van der Waals surface area contributed by atoms with Crippen molar-refractivity contribution in [3.8, 4) is 0 Å². The topological polar surface area (TPSA) is 49.2 Å². The fourth-order valence-electron chi connectivity index (χ4n) is 2.47. The lowest BCUT2D eigenvalue weighted by atomic mass is 10.0. The molecule has 2 heterocycles. The monoisotopic (exact) mass is 341 g/mol. The van der Waals surface area contributed by atoms with Crippen molar-refractivity contribution in [2.24, 2.45) is 0 Å². The van der Waals surface area contributed by atoms with Crippen molar-refractivity contribution in [1.82, 2.24) is 14.8 Å². The van der Waals surface area contributed by atoms with E-state index in [4.69, 9.17) is 32.7 Å². The van der Waals surface area contributed by atoms with E-state index in [1.165, 1.54) is 0 Å². The number of benzene rings is 1. The third kappa shape index (κ3) is 3.79. The molecule has 1 aromatic carbocycles. The molecule has 1 unspecified atom stereocenters. The molecule has 0 amide bonds. The van der Waals surface area contributed by atoms with E-state index in [-0.39, 0.29) is 12.2 Å². The van der Waals surface area contributed by atoms with Crippen LogP contribution in [0.4, 0.5) is 0 Å². The minimum Gasteiger partial charge on any atom is -0.350 e. The SMILES string of the molecule is CC(Cn1cnc(CC2OCCO2)n1)c1ccc(Cl)cc1Cl. The van der Waals surface area contributed by atoms with Gasteiger partial charge in [-0.25, -0.2) is 4.98 Å².